The zero-order valence-electron chi connectivity index (χ0n) is 18.7. The van der Waals surface area contributed by atoms with E-state index >= 15 is 0 Å². The van der Waals surface area contributed by atoms with Crippen molar-refractivity contribution in [3.63, 3.8) is 0 Å². The Morgan fingerprint density at radius 3 is 2.52 bits per heavy atom. The number of amides is 1. The second-order valence-electron chi connectivity index (χ2n) is 8.25. The summed E-state index contributed by atoms with van der Waals surface area (Å²) in [6.07, 6.45) is 5.83. The van der Waals surface area contributed by atoms with Crippen LogP contribution in [0.25, 0.3) is 6.08 Å². The van der Waals surface area contributed by atoms with Crippen LogP contribution in [-0.2, 0) is 11.3 Å². The first kappa shape index (κ1) is 23.6. The molecule has 0 N–H and O–H groups in total. The molecule has 0 aromatic carbocycles. The van der Waals surface area contributed by atoms with Crippen LogP contribution in [0.1, 0.15) is 63.1 Å². The molecule has 2 saturated heterocycles. The third-order valence-electron chi connectivity index (χ3n) is 6.13. The average Bonchev–Trinajstić information content (AvgIpc) is 3.02. The van der Waals surface area contributed by atoms with Gasteiger partial charge in [0.1, 0.15) is 21.8 Å². The molecule has 0 saturated carbocycles. The fourth-order valence-electron chi connectivity index (χ4n) is 4.14. The van der Waals surface area contributed by atoms with Crippen LogP contribution in [0.15, 0.2) is 9.70 Å². The van der Waals surface area contributed by atoms with Crippen molar-refractivity contribution in [2.45, 2.75) is 59.9 Å². The predicted molar refractivity (Wildman–Crippen MR) is 131 cm³/mol. The summed E-state index contributed by atoms with van der Waals surface area (Å²) in [5.74, 6) is 1.37. The van der Waals surface area contributed by atoms with Gasteiger partial charge in [-0.3, -0.25) is 19.1 Å². The van der Waals surface area contributed by atoms with E-state index in [0.717, 1.165) is 50.2 Å². The Labute approximate surface area is 193 Å². The van der Waals surface area contributed by atoms with Crippen LogP contribution in [0.2, 0.25) is 0 Å². The largest absolute Gasteiger partial charge is 0.357 e. The Morgan fingerprint density at radius 1 is 1.26 bits per heavy atom. The smallest absolute Gasteiger partial charge is 0.270 e. The number of nitrogens with zero attached hydrogens (tertiary/aromatic N) is 4. The number of rotatable bonds is 6. The van der Waals surface area contributed by atoms with Crippen LogP contribution in [0, 0.1) is 24.2 Å². The van der Waals surface area contributed by atoms with Gasteiger partial charge in [0.25, 0.3) is 11.5 Å². The number of anilines is 1. The molecule has 8 heteroatoms. The number of nitriles is 1. The predicted octanol–water partition coefficient (Wildman–Crippen LogP) is 4.29. The van der Waals surface area contributed by atoms with E-state index in [4.69, 9.17) is 12.2 Å². The van der Waals surface area contributed by atoms with Gasteiger partial charge in [-0.25, -0.2) is 0 Å². The Bertz CT molecular complexity index is 1010. The zero-order valence-corrected chi connectivity index (χ0v) is 20.4. The molecule has 0 radical (unpaired) electrons. The first-order valence-electron chi connectivity index (χ1n) is 11.0. The van der Waals surface area contributed by atoms with Gasteiger partial charge in [0.15, 0.2) is 0 Å². The third-order valence-corrected chi connectivity index (χ3v) is 7.51. The van der Waals surface area contributed by atoms with E-state index in [0.29, 0.717) is 33.8 Å². The van der Waals surface area contributed by atoms with Crippen molar-refractivity contribution in [2.75, 3.05) is 24.5 Å². The van der Waals surface area contributed by atoms with E-state index in [-0.39, 0.29) is 17.0 Å². The maximum Gasteiger partial charge on any atom is 0.270 e. The highest BCUT2D eigenvalue weighted by atomic mass is 32.2. The molecule has 0 unspecified atom stereocenters. The van der Waals surface area contributed by atoms with Crippen molar-refractivity contribution in [1.82, 2.24) is 9.47 Å². The molecule has 3 rings (SSSR count). The number of piperidine rings is 1. The number of pyridine rings is 1. The van der Waals surface area contributed by atoms with Gasteiger partial charge in [0, 0.05) is 31.7 Å². The zero-order chi connectivity index (χ0) is 22.7. The number of thiocarbonyl (C=S) groups is 1. The second kappa shape index (κ2) is 10.0. The molecule has 2 aliphatic rings. The summed E-state index contributed by atoms with van der Waals surface area (Å²) in [6.45, 7) is 10.8. The third kappa shape index (κ3) is 4.58. The van der Waals surface area contributed by atoms with E-state index in [1.807, 2.05) is 13.0 Å². The summed E-state index contributed by atoms with van der Waals surface area (Å²) in [4.78, 5) is 30.5. The summed E-state index contributed by atoms with van der Waals surface area (Å²) < 4.78 is 2.26. The first-order valence-corrected chi connectivity index (χ1v) is 12.2. The molecule has 0 bridgehead atoms. The quantitative estimate of drug-likeness (QED) is 0.468. The second-order valence-corrected chi connectivity index (χ2v) is 9.93. The van der Waals surface area contributed by atoms with Gasteiger partial charge in [0.2, 0.25) is 0 Å². The van der Waals surface area contributed by atoms with Crippen molar-refractivity contribution in [2.24, 2.45) is 5.92 Å². The van der Waals surface area contributed by atoms with Crippen molar-refractivity contribution in [1.29, 1.82) is 5.26 Å². The molecule has 3 heterocycles. The van der Waals surface area contributed by atoms with Crippen molar-refractivity contribution >= 4 is 46.1 Å². The van der Waals surface area contributed by atoms with Crippen molar-refractivity contribution in [3.8, 4) is 6.07 Å². The standard InChI is InChI=1S/C23H30N4O2S2/c1-5-7-10-27-22(29)19(31-23(27)30)13-17-16(4)18(14-24)21(28)26(6-2)20(17)25-11-8-15(3)9-12-25/h13,15H,5-12H2,1-4H3. The highest BCUT2D eigenvalue weighted by Crippen LogP contribution is 2.36. The lowest BCUT2D eigenvalue weighted by Gasteiger charge is -2.35. The molecule has 0 spiro atoms. The number of unbranched alkanes of at least 4 members (excludes halogenated alkanes) is 1. The summed E-state index contributed by atoms with van der Waals surface area (Å²) in [5, 5.41) is 9.67. The normalized spacial score (nSPS) is 18.9. The molecule has 2 aliphatic heterocycles. The van der Waals surface area contributed by atoms with Gasteiger partial charge < -0.3 is 4.90 Å². The van der Waals surface area contributed by atoms with Gasteiger partial charge in [0.05, 0.1) is 4.91 Å². The summed E-state index contributed by atoms with van der Waals surface area (Å²) in [6, 6.07) is 2.09. The molecule has 0 aliphatic carbocycles. The lowest BCUT2D eigenvalue weighted by molar-refractivity contribution is -0.122. The summed E-state index contributed by atoms with van der Waals surface area (Å²) in [7, 11) is 0. The lowest BCUT2D eigenvalue weighted by Crippen LogP contribution is -2.39. The topological polar surface area (TPSA) is 69.3 Å². The Hall–Kier alpha value is -2.11. The van der Waals surface area contributed by atoms with Crippen LogP contribution in [-0.4, -0.2) is 39.3 Å². The number of hydrogen-bond acceptors (Lipinski definition) is 6. The molecule has 2 fully saturated rings. The van der Waals surface area contributed by atoms with E-state index < -0.39 is 0 Å². The molecule has 0 atom stereocenters. The van der Waals surface area contributed by atoms with E-state index in [2.05, 4.69) is 24.8 Å². The monoisotopic (exact) mass is 458 g/mol. The average molecular weight is 459 g/mol. The van der Waals surface area contributed by atoms with Crippen LogP contribution in [0.5, 0.6) is 0 Å². The van der Waals surface area contributed by atoms with Crippen LogP contribution < -0.4 is 10.5 Å². The Balaban J connectivity index is 2.16. The molecule has 1 aromatic heterocycles. The fraction of sp³-hybridized carbons (Fsp3) is 0.565. The summed E-state index contributed by atoms with van der Waals surface area (Å²) >= 11 is 6.76. The van der Waals surface area contributed by atoms with E-state index in [1.165, 1.54) is 11.8 Å². The molecular formula is C23H30N4O2S2. The van der Waals surface area contributed by atoms with E-state index in [1.54, 1.807) is 16.4 Å². The maximum absolute atomic E-state index is 13.0. The number of carbonyl (C=O) groups excluding carboxylic acids is 1. The van der Waals surface area contributed by atoms with Gasteiger partial charge in [-0.05, 0) is 50.7 Å². The minimum absolute atomic E-state index is 0.0891. The molecule has 166 valence electrons. The number of hydrogen-bond donors (Lipinski definition) is 0. The van der Waals surface area contributed by atoms with Crippen LogP contribution in [0.3, 0.4) is 0 Å². The number of aromatic nitrogens is 1. The van der Waals surface area contributed by atoms with Crippen molar-refractivity contribution in [3.05, 3.63) is 31.9 Å². The van der Waals surface area contributed by atoms with Gasteiger partial charge >= 0.3 is 0 Å². The Morgan fingerprint density at radius 2 is 1.94 bits per heavy atom. The number of thioether (sulfide) groups is 1. The molecule has 1 amide bonds. The molecule has 31 heavy (non-hydrogen) atoms. The SMILES string of the molecule is CCCCN1C(=O)C(=Cc2c(C)c(C#N)c(=O)n(CC)c2N2CCC(C)CC2)SC1=S. The summed E-state index contributed by atoms with van der Waals surface area (Å²) in [5.41, 5.74) is 1.29. The molecule has 1 aromatic rings. The maximum atomic E-state index is 13.0. The Kier molecular flexibility index (Phi) is 7.60. The highest BCUT2D eigenvalue weighted by Gasteiger charge is 2.33. The molecule has 6 nitrogen and oxygen atoms in total. The highest BCUT2D eigenvalue weighted by molar-refractivity contribution is 8.26. The van der Waals surface area contributed by atoms with Crippen LogP contribution in [0.4, 0.5) is 5.82 Å². The lowest BCUT2D eigenvalue weighted by atomic mass is 9.97. The van der Waals surface area contributed by atoms with Crippen molar-refractivity contribution < 1.29 is 4.79 Å². The minimum atomic E-state index is -0.260. The number of carbonyl (C=O) groups is 1. The first-order chi connectivity index (χ1) is 14.8. The van der Waals surface area contributed by atoms with Gasteiger partial charge in [-0.15, -0.1) is 0 Å². The van der Waals surface area contributed by atoms with Gasteiger partial charge in [-0.2, -0.15) is 5.26 Å². The fourth-order valence-corrected chi connectivity index (χ4v) is 5.43. The van der Waals surface area contributed by atoms with Gasteiger partial charge in [-0.1, -0.05) is 44.2 Å². The van der Waals surface area contributed by atoms with Crippen LogP contribution >= 0.6 is 24.0 Å². The minimum Gasteiger partial charge on any atom is -0.357 e. The van der Waals surface area contributed by atoms with E-state index in [9.17, 15) is 14.9 Å². The molecular weight excluding hydrogens is 428 g/mol.